The van der Waals surface area contributed by atoms with E-state index in [4.69, 9.17) is 10.2 Å². The Morgan fingerprint density at radius 2 is 1.75 bits per heavy atom. The second-order valence-corrected chi connectivity index (χ2v) is 1.74. The van der Waals surface area contributed by atoms with Crippen molar-refractivity contribution >= 4 is 12.4 Å². The molecule has 52 valence electrons. The van der Waals surface area contributed by atoms with Crippen LogP contribution in [0.15, 0.2) is 0 Å². The summed E-state index contributed by atoms with van der Waals surface area (Å²) in [5, 5.41) is 16.5. The second kappa shape index (κ2) is 5.31. The lowest BCUT2D eigenvalue weighted by Gasteiger charge is -2.09. The molecule has 0 unspecified atom stereocenters. The Morgan fingerprint density at radius 1 is 1.38 bits per heavy atom. The first-order chi connectivity index (χ1) is 3.13. The third-order valence-electron chi connectivity index (χ3n) is 0.528. The van der Waals surface area contributed by atoms with Crippen LogP contribution in [-0.4, -0.2) is 42.0 Å². The highest BCUT2D eigenvalue weighted by molar-refractivity contribution is 5.85. The van der Waals surface area contributed by atoms with Gasteiger partial charge in [-0.2, -0.15) is 0 Å². The molecule has 0 amide bonds. The summed E-state index contributed by atoms with van der Waals surface area (Å²) in [6.45, 7) is 0.306. The minimum Gasteiger partial charge on any atom is -0.367 e. The summed E-state index contributed by atoms with van der Waals surface area (Å²) >= 11 is 0. The first-order valence-electron chi connectivity index (χ1n) is 2.14. The molecule has 0 fully saturated rings. The van der Waals surface area contributed by atoms with E-state index in [9.17, 15) is 0 Å². The van der Waals surface area contributed by atoms with Crippen LogP contribution in [0.25, 0.3) is 0 Å². The maximum Gasteiger partial charge on any atom is 0.164 e. The van der Waals surface area contributed by atoms with Crippen molar-refractivity contribution in [3.63, 3.8) is 0 Å². The molecule has 3 nitrogen and oxygen atoms in total. The van der Waals surface area contributed by atoms with Crippen LogP contribution in [-0.2, 0) is 0 Å². The predicted octanol–water partition coefficient (Wildman–Crippen LogP) is -0.719. The van der Waals surface area contributed by atoms with E-state index in [2.05, 4.69) is 0 Å². The van der Waals surface area contributed by atoms with Crippen LogP contribution in [0.3, 0.4) is 0 Å². The van der Waals surface area contributed by atoms with E-state index in [1.54, 1.807) is 19.0 Å². The number of nitrogens with zero attached hydrogens (tertiary/aromatic N) is 1. The molecule has 2 N–H and O–H groups in total. The molecule has 0 aliphatic heterocycles. The van der Waals surface area contributed by atoms with Crippen molar-refractivity contribution in [1.29, 1.82) is 0 Å². The first kappa shape index (κ1) is 11.0. The third kappa shape index (κ3) is 9.48. The van der Waals surface area contributed by atoms with Crippen molar-refractivity contribution < 1.29 is 10.2 Å². The van der Waals surface area contributed by atoms with Gasteiger partial charge in [-0.1, -0.05) is 0 Å². The first-order valence-corrected chi connectivity index (χ1v) is 2.14. The van der Waals surface area contributed by atoms with Crippen molar-refractivity contribution in [3.8, 4) is 0 Å². The van der Waals surface area contributed by atoms with Crippen LogP contribution >= 0.6 is 12.4 Å². The Hall–Kier alpha value is 0.170. The van der Waals surface area contributed by atoms with Gasteiger partial charge in [0, 0.05) is 6.54 Å². The fraction of sp³-hybridized carbons (Fsp3) is 1.00. The van der Waals surface area contributed by atoms with Crippen molar-refractivity contribution in [2.24, 2.45) is 0 Å². The normalized spacial score (nSPS) is 9.75. The highest BCUT2D eigenvalue weighted by Gasteiger charge is 1.95. The SMILES string of the molecule is CN(C)CC(O)O.Cl. The smallest absolute Gasteiger partial charge is 0.164 e. The van der Waals surface area contributed by atoms with E-state index >= 15 is 0 Å². The fourth-order valence-corrected chi connectivity index (χ4v) is 0.327. The molecule has 0 aromatic carbocycles. The Morgan fingerprint density at radius 3 is 1.75 bits per heavy atom. The molecule has 0 saturated heterocycles. The molecule has 0 aliphatic carbocycles. The van der Waals surface area contributed by atoms with Crippen LogP contribution < -0.4 is 0 Å². The molecule has 0 radical (unpaired) electrons. The standard InChI is InChI=1S/C4H11NO2.ClH/c1-5(2)3-4(6)7;/h4,6-7H,3H2,1-2H3;1H. The van der Waals surface area contributed by atoms with E-state index in [1.807, 2.05) is 0 Å². The summed E-state index contributed by atoms with van der Waals surface area (Å²) in [5.74, 6) is 0. The van der Waals surface area contributed by atoms with E-state index in [-0.39, 0.29) is 12.4 Å². The summed E-state index contributed by atoms with van der Waals surface area (Å²) in [6.07, 6.45) is -1.20. The van der Waals surface area contributed by atoms with Gasteiger partial charge in [0.25, 0.3) is 0 Å². The zero-order valence-electron chi connectivity index (χ0n) is 5.03. The number of rotatable bonds is 2. The predicted molar refractivity (Wildman–Crippen MR) is 34.0 cm³/mol. The van der Waals surface area contributed by atoms with E-state index in [0.29, 0.717) is 6.54 Å². The topological polar surface area (TPSA) is 43.7 Å². The minimum absolute atomic E-state index is 0. The highest BCUT2D eigenvalue weighted by atomic mass is 35.5. The Kier molecular flexibility index (Phi) is 7.32. The summed E-state index contributed by atoms with van der Waals surface area (Å²) in [5.41, 5.74) is 0. The quantitative estimate of drug-likeness (QED) is 0.499. The molecule has 0 spiro atoms. The van der Waals surface area contributed by atoms with Crippen molar-refractivity contribution in [2.45, 2.75) is 6.29 Å². The van der Waals surface area contributed by atoms with Gasteiger partial charge in [-0.05, 0) is 14.1 Å². The molecule has 0 aliphatic rings. The largest absolute Gasteiger partial charge is 0.367 e. The molecule has 0 saturated carbocycles. The summed E-state index contributed by atoms with van der Waals surface area (Å²) < 4.78 is 0. The van der Waals surface area contributed by atoms with Gasteiger partial charge in [-0.25, -0.2) is 0 Å². The molecule has 0 bridgehead atoms. The maximum absolute atomic E-state index is 8.24. The third-order valence-corrected chi connectivity index (χ3v) is 0.528. The Labute approximate surface area is 55.3 Å². The lowest BCUT2D eigenvalue weighted by atomic mass is 10.6. The average Bonchev–Trinajstić information content (AvgIpc) is 1.27. The molecule has 0 heterocycles. The number of hydrogen-bond donors (Lipinski definition) is 2. The van der Waals surface area contributed by atoms with Crippen LogP contribution in [0.5, 0.6) is 0 Å². The van der Waals surface area contributed by atoms with Gasteiger partial charge in [0.1, 0.15) is 0 Å². The van der Waals surface area contributed by atoms with Gasteiger partial charge in [0.05, 0.1) is 0 Å². The number of halogens is 1. The lowest BCUT2D eigenvalue weighted by Crippen LogP contribution is -2.24. The maximum atomic E-state index is 8.24. The molecular weight excluding hydrogens is 130 g/mol. The van der Waals surface area contributed by atoms with Crippen LogP contribution in [0.4, 0.5) is 0 Å². The van der Waals surface area contributed by atoms with Gasteiger partial charge in [-0.15, -0.1) is 12.4 Å². The number of aliphatic hydroxyl groups excluding tert-OH is 1. The van der Waals surface area contributed by atoms with Gasteiger partial charge < -0.3 is 15.1 Å². The van der Waals surface area contributed by atoms with Crippen molar-refractivity contribution in [1.82, 2.24) is 4.90 Å². The summed E-state index contributed by atoms with van der Waals surface area (Å²) in [7, 11) is 3.55. The summed E-state index contributed by atoms with van der Waals surface area (Å²) in [4.78, 5) is 1.70. The molecule has 0 aromatic rings. The van der Waals surface area contributed by atoms with Crippen molar-refractivity contribution in [2.75, 3.05) is 20.6 Å². The van der Waals surface area contributed by atoms with Crippen LogP contribution in [0, 0.1) is 0 Å². The number of aliphatic hydroxyl groups is 2. The van der Waals surface area contributed by atoms with Crippen molar-refractivity contribution in [3.05, 3.63) is 0 Å². The number of likely N-dealkylation sites (N-methyl/N-ethyl adjacent to an activating group) is 1. The Balaban J connectivity index is 0. The zero-order valence-corrected chi connectivity index (χ0v) is 5.85. The zero-order chi connectivity index (χ0) is 5.86. The van der Waals surface area contributed by atoms with E-state index in [1.165, 1.54) is 0 Å². The molecular formula is C4H12ClNO2. The van der Waals surface area contributed by atoms with Gasteiger partial charge in [0.15, 0.2) is 6.29 Å². The molecule has 0 aromatic heterocycles. The van der Waals surface area contributed by atoms with Crippen LogP contribution in [0.2, 0.25) is 0 Å². The second-order valence-electron chi connectivity index (χ2n) is 1.74. The number of hydrogen-bond acceptors (Lipinski definition) is 3. The molecule has 4 heteroatoms. The molecule has 8 heavy (non-hydrogen) atoms. The van der Waals surface area contributed by atoms with Gasteiger partial charge >= 0.3 is 0 Å². The lowest BCUT2D eigenvalue weighted by molar-refractivity contribution is -0.0537. The van der Waals surface area contributed by atoms with Gasteiger partial charge in [0.2, 0.25) is 0 Å². The van der Waals surface area contributed by atoms with E-state index < -0.39 is 6.29 Å². The Bertz CT molecular complexity index is 43.3. The summed E-state index contributed by atoms with van der Waals surface area (Å²) in [6, 6.07) is 0. The monoisotopic (exact) mass is 141 g/mol. The minimum atomic E-state index is -1.20. The fourth-order valence-electron chi connectivity index (χ4n) is 0.327. The molecule has 0 atom stereocenters. The molecule has 0 rings (SSSR count). The highest BCUT2D eigenvalue weighted by Crippen LogP contribution is 1.76. The van der Waals surface area contributed by atoms with Gasteiger partial charge in [-0.3, -0.25) is 0 Å². The average molecular weight is 142 g/mol. The van der Waals surface area contributed by atoms with Crippen LogP contribution in [0.1, 0.15) is 0 Å². The van der Waals surface area contributed by atoms with E-state index in [0.717, 1.165) is 0 Å².